The number of amides is 2. The number of carbonyl (C=O) groups is 1. The maximum absolute atomic E-state index is 13.9. The van der Waals surface area contributed by atoms with Crippen molar-refractivity contribution in [3.05, 3.63) is 63.9 Å². The Morgan fingerprint density at radius 1 is 1.30 bits per heavy atom. The van der Waals surface area contributed by atoms with E-state index in [9.17, 15) is 9.18 Å². The summed E-state index contributed by atoms with van der Waals surface area (Å²) in [5, 5.41) is 2.69. The lowest BCUT2D eigenvalue weighted by atomic mass is 9.99. The number of nitrogens with zero attached hydrogens (tertiary/aromatic N) is 1. The number of anilines is 1. The highest BCUT2D eigenvalue weighted by atomic mass is 79.9. The van der Waals surface area contributed by atoms with Crippen LogP contribution in [0.4, 0.5) is 14.9 Å². The average Bonchev–Trinajstić information content (AvgIpc) is 3.00. The normalized spacial score (nSPS) is 17.3. The first-order chi connectivity index (χ1) is 11.1. The SMILES string of the molecule is Cc1ccccc1[C@H]1CCCN1C(=O)Nc1ccc(Br)cc1F. The van der Waals surface area contributed by atoms with Crippen molar-refractivity contribution in [1.29, 1.82) is 0 Å². The van der Waals surface area contributed by atoms with E-state index in [-0.39, 0.29) is 17.8 Å². The van der Waals surface area contributed by atoms with Crippen molar-refractivity contribution in [2.24, 2.45) is 0 Å². The summed E-state index contributed by atoms with van der Waals surface area (Å²) >= 11 is 3.21. The molecule has 2 amide bonds. The summed E-state index contributed by atoms with van der Waals surface area (Å²) in [6, 6.07) is 12.5. The van der Waals surface area contributed by atoms with Gasteiger partial charge in [-0.05, 0) is 49.1 Å². The van der Waals surface area contributed by atoms with E-state index >= 15 is 0 Å². The zero-order chi connectivity index (χ0) is 16.4. The topological polar surface area (TPSA) is 32.3 Å². The molecule has 0 aromatic heterocycles. The molecule has 2 aromatic rings. The van der Waals surface area contributed by atoms with E-state index in [1.54, 1.807) is 17.0 Å². The van der Waals surface area contributed by atoms with Gasteiger partial charge in [-0.1, -0.05) is 40.2 Å². The van der Waals surface area contributed by atoms with Crippen LogP contribution in [-0.2, 0) is 0 Å². The Morgan fingerprint density at radius 3 is 2.83 bits per heavy atom. The second kappa shape index (κ2) is 6.71. The number of nitrogens with one attached hydrogen (secondary N) is 1. The molecule has 0 aliphatic carbocycles. The zero-order valence-corrected chi connectivity index (χ0v) is 14.4. The summed E-state index contributed by atoms with van der Waals surface area (Å²) in [4.78, 5) is 14.4. The fourth-order valence-electron chi connectivity index (χ4n) is 3.07. The lowest BCUT2D eigenvalue weighted by Crippen LogP contribution is -2.34. The van der Waals surface area contributed by atoms with Crippen molar-refractivity contribution in [2.75, 3.05) is 11.9 Å². The fraction of sp³-hybridized carbons (Fsp3) is 0.278. The summed E-state index contributed by atoms with van der Waals surface area (Å²) in [6.07, 6.45) is 1.89. The van der Waals surface area contributed by atoms with Crippen LogP contribution in [0, 0.1) is 12.7 Å². The van der Waals surface area contributed by atoms with Gasteiger partial charge in [-0.15, -0.1) is 0 Å². The third kappa shape index (κ3) is 3.39. The number of aryl methyl sites for hydroxylation is 1. The minimum absolute atomic E-state index is 0.0507. The molecule has 1 heterocycles. The monoisotopic (exact) mass is 376 g/mol. The maximum atomic E-state index is 13.9. The average molecular weight is 377 g/mol. The molecule has 3 rings (SSSR count). The number of hydrogen-bond donors (Lipinski definition) is 1. The first-order valence-electron chi connectivity index (χ1n) is 7.64. The van der Waals surface area contributed by atoms with Crippen molar-refractivity contribution in [2.45, 2.75) is 25.8 Å². The zero-order valence-electron chi connectivity index (χ0n) is 12.9. The number of hydrogen-bond acceptors (Lipinski definition) is 1. The van der Waals surface area contributed by atoms with Gasteiger partial charge in [0.05, 0.1) is 11.7 Å². The molecule has 1 aliphatic heterocycles. The number of benzene rings is 2. The van der Waals surface area contributed by atoms with Crippen molar-refractivity contribution in [1.82, 2.24) is 4.90 Å². The molecule has 2 aromatic carbocycles. The Kier molecular flexibility index (Phi) is 4.66. The molecule has 3 nitrogen and oxygen atoms in total. The van der Waals surface area contributed by atoms with Gasteiger partial charge in [-0.3, -0.25) is 0 Å². The van der Waals surface area contributed by atoms with E-state index in [0.29, 0.717) is 11.0 Å². The first-order valence-corrected chi connectivity index (χ1v) is 8.44. The molecule has 1 N–H and O–H groups in total. The summed E-state index contributed by atoms with van der Waals surface area (Å²) in [7, 11) is 0. The highest BCUT2D eigenvalue weighted by Gasteiger charge is 2.31. The van der Waals surface area contributed by atoms with Crippen LogP contribution in [-0.4, -0.2) is 17.5 Å². The highest BCUT2D eigenvalue weighted by molar-refractivity contribution is 9.10. The van der Waals surface area contributed by atoms with E-state index < -0.39 is 5.82 Å². The van der Waals surface area contributed by atoms with Gasteiger partial charge in [-0.25, -0.2) is 9.18 Å². The quantitative estimate of drug-likeness (QED) is 0.760. The minimum atomic E-state index is -0.445. The molecule has 1 aliphatic rings. The Morgan fingerprint density at radius 2 is 2.09 bits per heavy atom. The summed E-state index contributed by atoms with van der Waals surface area (Å²) < 4.78 is 14.6. The Bertz CT molecular complexity index is 735. The number of likely N-dealkylation sites (tertiary alicyclic amines) is 1. The molecule has 23 heavy (non-hydrogen) atoms. The van der Waals surface area contributed by atoms with Gasteiger partial charge in [0.1, 0.15) is 5.82 Å². The second-order valence-electron chi connectivity index (χ2n) is 5.76. The Balaban J connectivity index is 1.80. The van der Waals surface area contributed by atoms with Gasteiger partial charge in [0.15, 0.2) is 0 Å². The van der Waals surface area contributed by atoms with Gasteiger partial charge >= 0.3 is 6.03 Å². The Labute approximate surface area is 143 Å². The molecule has 0 saturated carbocycles. The highest BCUT2D eigenvalue weighted by Crippen LogP contribution is 2.34. The van der Waals surface area contributed by atoms with Crippen molar-refractivity contribution >= 4 is 27.6 Å². The van der Waals surface area contributed by atoms with E-state index in [2.05, 4.69) is 40.3 Å². The van der Waals surface area contributed by atoms with Crippen LogP contribution in [0.15, 0.2) is 46.9 Å². The molecule has 1 saturated heterocycles. The Hall–Kier alpha value is -1.88. The van der Waals surface area contributed by atoms with Crippen molar-refractivity contribution < 1.29 is 9.18 Å². The summed E-state index contributed by atoms with van der Waals surface area (Å²) in [6.45, 7) is 2.74. The molecule has 0 spiro atoms. The van der Waals surface area contributed by atoms with Crippen molar-refractivity contribution in [3.63, 3.8) is 0 Å². The number of halogens is 2. The molecule has 5 heteroatoms. The van der Waals surface area contributed by atoms with Crippen LogP contribution in [0.1, 0.15) is 30.0 Å². The molecule has 0 radical (unpaired) electrons. The van der Waals surface area contributed by atoms with E-state index in [0.717, 1.165) is 18.4 Å². The van der Waals surface area contributed by atoms with Gasteiger partial charge < -0.3 is 10.2 Å². The molecule has 1 atom stereocenters. The predicted molar refractivity (Wildman–Crippen MR) is 93.0 cm³/mol. The third-order valence-corrected chi connectivity index (χ3v) is 4.73. The minimum Gasteiger partial charge on any atom is -0.317 e. The summed E-state index contributed by atoms with van der Waals surface area (Å²) in [5.74, 6) is -0.445. The molecule has 0 unspecified atom stereocenters. The summed E-state index contributed by atoms with van der Waals surface area (Å²) in [5.41, 5.74) is 2.54. The molecule has 0 bridgehead atoms. The van der Waals surface area contributed by atoms with Gasteiger partial charge in [0.2, 0.25) is 0 Å². The van der Waals surface area contributed by atoms with Crippen LogP contribution in [0.5, 0.6) is 0 Å². The van der Waals surface area contributed by atoms with Crippen molar-refractivity contribution in [3.8, 4) is 0 Å². The third-order valence-electron chi connectivity index (χ3n) is 4.23. The van der Waals surface area contributed by atoms with Crippen LogP contribution in [0.25, 0.3) is 0 Å². The lowest BCUT2D eigenvalue weighted by Gasteiger charge is -2.26. The fourth-order valence-corrected chi connectivity index (χ4v) is 3.40. The second-order valence-corrected chi connectivity index (χ2v) is 6.68. The van der Waals surface area contributed by atoms with Crippen LogP contribution in [0.3, 0.4) is 0 Å². The van der Waals surface area contributed by atoms with Gasteiger partial charge in [0.25, 0.3) is 0 Å². The van der Waals surface area contributed by atoms with Crippen LogP contribution in [0.2, 0.25) is 0 Å². The number of carbonyl (C=O) groups excluding carboxylic acids is 1. The molecule has 1 fully saturated rings. The molecule has 120 valence electrons. The standard InChI is InChI=1S/C18H18BrFN2O/c1-12-5-2-3-6-14(12)17-7-4-10-22(17)18(23)21-16-9-8-13(19)11-15(16)20/h2-3,5-6,8-9,11,17H,4,7,10H2,1H3,(H,21,23)/t17-/m1/s1. The molecular weight excluding hydrogens is 359 g/mol. The van der Waals surface area contributed by atoms with E-state index in [1.807, 2.05) is 12.1 Å². The largest absolute Gasteiger partial charge is 0.322 e. The maximum Gasteiger partial charge on any atom is 0.322 e. The van der Waals surface area contributed by atoms with Crippen LogP contribution >= 0.6 is 15.9 Å². The van der Waals surface area contributed by atoms with Crippen LogP contribution < -0.4 is 5.32 Å². The predicted octanol–water partition coefficient (Wildman–Crippen LogP) is 5.27. The van der Waals surface area contributed by atoms with E-state index in [1.165, 1.54) is 11.6 Å². The number of rotatable bonds is 2. The smallest absolute Gasteiger partial charge is 0.317 e. The number of urea groups is 1. The van der Waals surface area contributed by atoms with Gasteiger partial charge in [0, 0.05) is 11.0 Å². The molecular formula is C18H18BrFN2O. The van der Waals surface area contributed by atoms with E-state index in [4.69, 9.17) is 0 Å². The van der Waals surface area contributed by atoms with Gasteiger partial charge in [-0.2, -0.15) is 0 Å². The first kappa shape index (κ1) is 16.0. The lowest BCUT2D eigenvalue weighted by molar-refractivity contribution is 0.207.